The molecule has 2 heterocycles. The van der Waals surface area contributed by atoms with Gasteiger partial charge in [0.1, 0.15) is 6.04 Å². The molecule has 1 aliphatic carbocycles. The molecular weight excluding hydrogens is 370 g/mol. The largest absolute Gasteiger partial charge is 0.348 e. The Balaban J connectivity index is 1.94. The van der Waals surface area contributed by atoms with Crippen LogP contribution in [0.5, 0.6) is 0 Å². The maximum atomic E-state index is 13.2. The Morgan fingerprint density at radius 1 is 1.37 bits per heavy atom. The second-order valence-corrected chi connectivity index (χ2v) is 9.75. The maximum Gasteiger partial charge on any atom is 0.262 e. The van der Waals surface area contributed by atoms with E-state index >= 15 is 0 Å². The van der Waals surface area contributed by atoms with Gasteiger partial charge in [0.25, 0.3) is 10.0 Å². The fourth-order valence-electron chi connectivity index (χ4n) is 3.70. The minimum absolute atomic E-state index is 0.0542. The number of amides is 2. The van der Waals surface area contributed by atoms with Crippen molar-refractivity contribution in [3.63, 3.8) is 0 Å². The molecule has 27 heavy (non-hydrogen) atoms. The Kier molecular flexibility index (Phi) is 5.31. The van der Waals surface area contributed by atoms with Crippen LogP contribution in [-0.2, 0) is 26.7 Å². The molecular formula is C17H27N5O4S. The number of carbonyl (C=O) groups is 2. The van der Waals surface area contributed by atoms with Crippen molar-refractivity contribution in [1.29, 1.82) is 0 Å². The van der Waals surface area contributed by atoms with Gasteiger partial charge in [-0.3, -0.25) is 9.59 Å². The Hall–Kier alpha value is -1.94. The molecule has 1 atom stereocenters. The number of rotatable bonds is 4. The summed E-state index contributed by atoms with van der Waals surface area (Å²) in [6, 6.07) is -0.932. The Bertz CT molecular complexity index is 826. The zero-order valence-corrected chi connectivity index (χ0v) is 16.8. The van der Waals surface area contributed by atoms with Crippen LogP contribution in [0.4, 0.5) is 0 Å². The number of carbonyl (C=O) groups excluding carboxylic acids is 2. The molecule has 1 aromatic rings. The third-order valence-electron chi connectivity index (χ3n) is 5.26. The van der Waals surface area contributed by atoms with Gasteiger partial charge in [-0.05, 0) is 12.8 Å². The van der Waals surface area contributed by atoms with Crippen LogP contribution in [0.15, 0.2) is 17.6 Å². The van der Waals surface area contributed by atoms with Crippen LogP contribution in [0.25, 0.3) is 0 Å². The first-order valence-electron chi connectivity index (χ1n) is 9.23. The summed E-state index contributed by atoms with van der Waals surface area (Å²) in [5.74, 6) is -0.917. The highest BCUT2D eigenvalue weighted by molar-refractivity contribution is 7.89. The van der Waals surface area contributed by atoms with Crippen molar-refractivity contribution in [1.82, 2.24) is 24.5 Å². The average Bonchev–Trinajstić information content (AvgIpc) is 3.19. The summed E-state index contributed by atoms with van der Waals surface area (Å²) in [6.07, 6.45) is 6.17. The van der Waals surface area contributed by atoms with Crippen LogP contribution in [0.1, 0.15) is 39.5 Å². The lowest BCUT2D eigenvalue weighted by Crippen LogP contribution is -2.54. The smallest absolute Gasteiger partial charge is 0.262 e. The molecule has 2 aliphatic rings. The van der Waals surface area contributed by atoms with Gasteiger partial charge in [0, 0.05) is 32.3 Å². The molecule has 2 N–H and O–H groups in total. The Morgan fingerprint density at radius 2 is 2.04 bits per heavy atom. The molecule has 1 saturated carbocycles. The van der Waals surface area contributed by atoms with Gasteiger partial charge in [0.15, 0.2) is 5.03 Å². The standard InChI is InChI=1S/C17H27N5O4S/c1-12(2)15(23)19-13-8-22(27(25,26)14-9-21(3)11-18-14)10-17(20-16(13)24)6-4-5-7-17/h9,11-13H,4-8,10H2,1-3H3,(H,19,23)(H,20,24). The van der Waals surface area contributed by atoms with Gasteiger partial charge >= 0.3 is 0 Å². The summed E-state index contributed by atoms with van der Waals surface area (Å²) in [7, 11) is -2.18. The molecule has 2 fully saturated rings. The fraction of sp³-hybridized carbons (Fsp3) is 0.706. The molecule has 0 bridgehead atoms. The van der Waals surface area contributed by atoms with E-state index in [9.17, 15) is 18.0 Å². The van der Waals surface area contributed by atoms with E-state index in [1.165, 1.54) is 16.8 Å². The molecule has 0 aromatic carbocycles. The van der Waals surface area contributed by atoms with Crippen molar-refractivity contribution in [2.45, 2.75) is 56.1 Å². The number of nitrogens with one attached hydrogen (secondary N) is 2. The lowest BCUT2D eigenvalue weighted by molar-refractivity contribution is -0.131. The van der Waals surface area contributed by atoms with Crippen LogP contribution in [0.3, 0.4) is 0 Å². The quantitative estimate of drug-likeness (QED) is 0.742. The van der Waals surface area contributed by atoms with E-state index in [1.807, 2.05) is 0 Å². The summed E-state index contributed by atoms with van der Waals surface area (Å²) >= 11 is 0. The second-order valence-electron chi connectivity index (χ2n) is 7.87. The molecule has 1 spiro atoms. The molecule has 2 amide bonds. The van der Waals surface area contributed by atoms with Gasteiger partial charge < -0.3 is 15.2 Å². The molecule has 10 heteroatoms. The highest BCUT2D eigenvalue weighted by Crippen LogP contribution is 2.33. The Morgan fingerprint density at radius 3 is 2.59 bits per heavy atom. The van der Waals surface area contributed by atoms with Crippen molar-refractivity contribution in [3.05, 3.63) is 12.5 Å². The zero-order valence-electron chi connectivity index (χ0n) is 15.9. The monoisotopic (exact) mass is 397 g/mol. The number of imidazole rings is 1. The van der Waals surface area contributed by atoms with Gasteiger partial charge in [0.2, 0.25) is 11.8 Å². The molecule has 1 unspecified atom stereocenters. The fourth-order valence-corrected chi connectivity index (χ4v) is 5.21. The van der Waals surface area contributed by atoms with E-state index in [4.69, 9.17) is 0 Å². The van der Waals surface area contributed by atoms with Gasteiger partial charge in [-0.1, -0.05) is 26.7 Å². The van der Waals surface area contributed by atoms with Gasteiger partial charge in [-0.15, -0.1) is 0 Å². The van der Waals surface area contributed by atoms with Crippen LogP contribution in [0, 0.1) is 5.92 Å². The molecule has 3 rings (SSSR count). The minimum Gasteiger partial charge on any atom is -0.348 e. The van der Waals surface area contributed by atoms with Crippen molar-refractivity contribution in [2.75, 3.05) is 13.1 Å². The van der Waals surface area contributed by atoms with Crippen LogP contribution in [-0.4, -0.2) is 58.8 Å². The first-order valence-corrected chi connectivity index (χ1v) is 10.7. The predicted molar refractivity (Wildman–Crippen MR) is 98.1 cm³/mol. The van der Waals surface area contributed by atoms with Crippen molar-refractivity contribution in [2.24, 2.45) is 13.0 Å². The molecule has 1 aliphatic heterocycles. The average molecular weight is 398 g/mol. The van der Waals surface area contributed by atoms with E-state index in [1.54, 1.807) is 25.5 Å². The number of hydrogen-bond donors (Lipinski definition) is 2. The van der Waals surface area contributed by atoms with E-state index < -0.39 is 21.6 Å². The molecule has 150 valence electrons. The number of hydrogen-bond acceptors (Lipinski definition) is 5. The summed E-state index contributed by atoms with van der Waals surface area (Å²) < 4.78 is 29.2. The second kappa shape index (κ2) is 7.23. The lowest BCUT2D eigenvalue weighted by atomic mass is 9.98. The third-order valence-corrected chi connectivity index (χ3v) is 6.95. The highest BCUT2D eigenvalue weighted by Gasteiger charge is 2.46. The van der Waals surface area contributed by atoms with E-state index in [2.05, 4.69) is 15.6 Å². The van der Waals surface area contributed by atoms with Gasteiger partial charge in [-0.25, -0.2) is 13.4 Å². The van der Waals surface area contributed by atoms with E-state index in [0.29, 0.717) is 0 Å². The molecule has 1 saturated heterocycles. The van der Waals surface area contributed by atoms with Crippen LogP contribution in [0.2, 0.25) is 0 Å². The molecule has 0 radical (unpaired) electrons. The van der Waals surface area contributed by atoms with Crippen LogP contribution >= 0.6 is 0 Å². The topological polar surface area (TPSA) is 113 Å². The van der Waals surface area contributed by atoms with E-state index in [-0.39, 0.29) is 35.8 Å². The highest BCUT2D eigenvalue weighted by atomic mass is 32.2. The summed E-state index contributed by atoms with van der Waals surface area (Å²) in [6.45, 7) is 3.53. The van der Waals surface area contributed by atoms with Crippen LogP contribution < -0.4 is 10.6 Å². The summed E-state index contributed by atoms with van der Waals surface area (Å²) in [4.78, 5) is 28.9. The summed E-state index contributed by atoms with van der Waals surface area (Å²) in [5.41, 5.74) is -0.587. The van der Waals surface area contributed by atoms with Crippen molar-refractivity contribution >= 4 is 21.8 Å². The van der Waals surface area contributed by atoms with Gasteiger partial charge in [0.05, 0.1) is 11.9 Å². The number of sulfonamides is 1. The SMILES string of the molecule is CC(C)C(=O)NC1CN(S(=O)(=O)c2cn(C)cn2)CC2(CCCC2)NC1=O. The lowest BCUT2D eigenvalue weighted by Gasteiger charge is -2.31. The molecule has 9 nitrogen and oxygen atoms in total. The first kappa shape index (κ1) is 19.8. The van der Waals surface area contributed by atoms with Crippen molar-refractivity contribution in [3.8, 4) is 0 Å². The number of aryl methyl sites for hydroxylation is 1. The third kappa shape index (κ3) is 4.01. The zero-order chi connectivity index (χ0) is 19.8. The Labute approximate surface area is 159 Å². The maximum absolute atomic E-state index is 13.2. The van der Waals surface area contributed by atoms with Gasteiger partial charge in [-0.2, -0.15) is 4.31 Å². The molecule has 1 aromatic heterocycles. The number of aromatic nitrogens is 2. The number of nitrogens with zero attached hydrogens (tertiary/aromatic N) is 3. The minimum atomic E-state index is -3.88. The van der Waals surface area contributed by atoms with E-state index in [0.717, 1.165) is 25.7 Å². The predicted octanol–water partition coefficient (Wildman–Crippen LogP) is -0.00580. The normalized spacial score (nSPS) is 23.4. The van der Waals surface area contributed by atoms with Crippen molar-refractivity contribution < 1.29 is 18.0 Å². The summed E-state index contributed by atoms with van der Waals surface area (Å²) in [5, 5.41) is 5.66. The first-order chi connectivity index (χ1) is 12.6.